The molecule has 2 saturated heterocycles. The highest BCUT2D eigenvalue weighted by atomic mass is 19.3. The molecule has 0 unspecified atom stereocenters. The Hall–Kier alpha value is -4.02. The molecule has 3 aliphatic heterocycles. The van der Waals surface area contributed by atoms with Crippen molar-refractivity contribution in [2.45, 2.75) is 11.8 Å². The maximum atomic E-state index is 15.2. The van der Waals surface area contributed by atoms with Crippen molar-refractivity contribution >= 4 is 22.6 Å². The normalized spacial score (nSPS) is 18.1. The first-order valence-corrected chi connectivity index (χ1v) is 11.2. The lowest BCUT2D eigenvalue weighted by Gasteiger charge is -2.40. The lowest BCUT2D eigenvalue weighted by molar-refractivity contribution is -0.0649. The Labute approximate surface area is 204 Å². The van der Waals surface area contributed by atoms with Crippen molar-refractivity contribution in [1.82, 2.24) is 4.58 Å². The van der Waals surface area contributed by atoms with Crippen LogP contribution in [0, 0.1) is 11.6 Å². The molecule has 190 valence electrons. The van der Waals surface area contributed by atoms with Crippen LogP contribution in [0.25, 0.3) is 33.4 Å². The number of alkyl halides is 4. The van der Waals surface area contributed by atoms with Gasteiger partial charge in [-0.05, 0) is 23.8 Å². The van der Waals surface area contributed by atoms with Gasteiger partial charge in [-0.1, -0.05) is 18.2 Å². The maximum absolute atomic E-state index is 15.2. The van der Waals surface area contributed by atoms with Crippen LogP contribution in [-0.4, -0.2) is 49.1 Å². The first-order chi connectivity index (χ1) is 17.4. The zero-order valence-corrected chi connectivity index (χ0v) is 18.9. The molecule has 1 N–H and O–H groups in total. The van der Waals surface area contributed by atoms with Crippen LogP contribution in [0.1, 0.15) is 10.4 Å². The maximum Gasteiger partial charge on any atom is 0.361 e. The van der Waals surface area contributed by atoms with Crippen molar-refractivity contribution in [1.29, 1.82) is 0 Å². The molecule has 6 rings (SSSR count). The van der Waals surface area contributed by atoms with E-state index in [1.165, 1.54) is 30.3 Å². The predicted molar refractivity (Wildman–Crippen MR) is 122 cm³/mol. The van der Waals surface area contributed by atoms with E-state index in [0.29, 0.717) is 0 Å². The highest BCUT2D eigenvalue weighted by molar-refractivity contribution is 6.07. The Morgan fingerprint density at radius 1 is 0.919 bits per heavy atom. The fraction of sp³-hybridized carbons (Fsp3) is 0.231. The van der Waals surface area contributed by atoms with Crippen molar-refractivity contribution in [3.63, 3.8) is 0 Å². The molecule has 0 saturated carbocycles. The average Bonchev–Trinajstić information content (AvgIpc) is 2.79. The average molecular weight is 519 g/mol. The highest BCUT2D eigenvalue weighted by Gasteiger charge is 2.50. The largest absolute Gasteiger partial charge is 0.478 e. The van der Waals surface area contributed by atoms with E-state index >= 15 is 8.78 Å². The number of hydrogen-bond donors (Lipinski definition) is 1. The Bertz CT molecular complexity index is 1640. The lowest BCUT2D eigenvalue weighted by Crippen LogP contribution is -2.58. The van der Waals surface area contributed by atoms with Gasteiger partial charge in [0.1, 0.15) is 17.2 Å². The van der Waals surface area contributed by atoms with Crippen LogP contribution in [0.2, 0.25) is 0 Å². The van der Waals surface area contributed by atoms with Crippen LogP contribution in [-0.2, 0) is 0 Å². The SMILES string of the molecule is O=C(O)c1ccccc1-c1c2cc(F)c(=[N+]3CC(F)(F)C3)cc-2oc2cc(N3CC(F)(F)C3)c(F)cc12. The summed E-state index contributed by atoms with van der Waals surface area (Å²) in [7, 11) is 0. The second-order valence-electron chi connectivity index (χ2n) is 9.35. The van der Waals surface area contributed by atoms with Gasteiger partial charge < -0.3 is 14.4 Å². The van der Waals surface area contributed by atoms with E-state index in [2.05, 4.69) is 0 Å². The summed E-state index contributed by atoms with van der Waals surface area (Å²) in [5, 5.41) is 9.72. The van der Waals surface area contributed by atoms with Crippen molar-refractivity contribution in [2.24, 2.45) is 0 Å². The van der Waals surface area contributed by atoms with E-state index < -0.39 is 55.6 Å². The van der Waals surface area contributed by atoms with Gasteiger partial charge in [0.05, 0.1) is 30.4 Å². The van der Waals surface area contributed by atoms with Gasteiger partial charge in [-0.15, -0.1) is 0 Å². The molecule has 11 heteroatoms. The summed E-state index contributed by atoms with van der Waals surface area (Å²) in [5.41, 5.74) is 0.135. The highest BCUT2D eigenvalue weighted by Crippen LogP contribution is 2.44. The number of fused-ring (bicyclic) bond motifs is 2. The van der Waals surface area contributed by atoms with E-state index in [0.717, 1.165) is 21.6 Å². The third-order valence-electron chi connectivity index (χ3n) is 6.65. The Morgan fingerprint density at radius 2 is 1.62 bits per heavy atom. The molecule has 0 spiro atoms. The number of carboxylic acid groups (broad SMARTS) is 1. The van der Waals surface area contributed by atoms with Crippen LogP contribution in [0.15, 0.2) is 52.9 Å². The second kappa shape index (κ2) is 7.74. The van der Waals surface area contributed by atoms with E-state index in [4.69, 9.17) is 4.42 Å². The first kappa shape index (κ1) is 23.4. The number of benzene rings is 3. The van der Waals surface area contributed by atoms with Gasteiger partial charge in [0.25, 0.3) is 5.92 Å². The van der Waals surface area contributed by atoms with E-state index in [1.807, 2.05) is 0 Å². The monoisotopic (exact) mass is 519 g/mol. The molecule has 0 radical (unpaired) electrons. The van der Waals surface area contributed by atoms with Gasteiger partial charge >= 0.3 is 11.9 Å². The summed E-state index contributed by atoms with van der Waals surface area (Å²) in [6.07, 6.45) is 0. The second-order valence-corrected chi connectivity index (χ2v) is 9.35. The van der Waals surface area contributed by atoms with Crippen LogP contribution < -0.4 is 14.8 Å². The molecule has 37 heavy (non-hydrogen) atoms. The van der Waals surface area contributed by atoms with Gasteiger partial charge in [0.2, 0.25) is 18.4 Å². The molecular formula is C26H17F6N2O3+. The zero-order chi connectivity index (χ0) is 26.3. The number of aromatic carboxylic acids is 1. The van der Waals surface area contributed by atoms with Gasteiger partial charge in [0, 0.05) is 22.6 Å². The number of halogens is 6. The quantitative estimate of drug-likeness (QED) is 0.234. The number of hydrogen-bond acceptors (Lipinski definition) is 3. The molecule has 0 aromatic heterocycles. The molecule has 0 amide bonds. The summed E-state index contributed by atoms with van der Waals surface area (Å²) in [4.78, 5) is 13.1. The molecule has 0 bridgehead atoms. The number of carboxylic acids is 1. The van der Waals surface area contributed by atoms with Crippen LogP contribution in [0.4, 0.5) is 32.0 Å². The fourth-order valence-electron chi connectivity index (χ4n) is 4.94. The summed E-state index contributed by atoms with van der Waals surface area (Å²) in [6.45, 7) is -2.74. The molecule has 2 fully saturated rings. The predicted octanol–water partition coefficient (Wildman–Crippen LogP) is 5.06. The molecule has 0 atom stereocenters. The minimum absolute atomic E-state index is 0.0285. The van der Waals surface area contributed by atoms with Crippen LogP contribution in [0.5, 0.6) is 0 Å². The van der Waals surface area contributed by atoms with Crippen molar-refractivity contribution in [3.8, 4) is 22.5 Å². The fourth-order valence-corrected chi connectivity index (χ4v) is 4.94. The Morgan fingerprint density at radius 3 is 2.27 bits per heavy atom. The third-order valence-corrected chi connectivity index (χ3v) is 6.65. The van der Waals surface area contributed by atoms with E-state index in [-0.39, 0.29) is 50.0 Å². The third kappa shape index (κ3) is 3.80. The topological polar surface area (TPSA) is 56.7 Å². The first-order valence-electron chi connectivity index (χ1n) is 11.2. The van der Waals surface area contributed by atoms with Gasteiger partial charge in [-0.3, -0.25) is 0 Å². The van der Waals surface area contributed by atoms with E-state index in [1.54, 1.807) is 6.07 Å². The minimum atomic E-state index is -2.96. The molecule has 2 aromatic rings. The molecule has 2 aromatic carbocycles. The lowest BCUT2D eigenvalue weighted by atomic mass is 9.90. The number of anilines is 1. The number of carbonyl (C=O) groups is 1. The molecule has 1 aliphatic carbocycles. The minimum Gasteiger partial charge on any atom is -0.478 e. The van der Waals surface area contributed by atoms with Gasteiger partial charge in [-0.2, -0.15) is 13.2 Å². The summed E-state index contributed by atoms with van der Waals surface area (Å²) >= 11 is 0. The molecule has 4 aliphatic rings. The van der Waals surface area contributed by atoms with Gasteiger partial charge in [-0.25, -0.2) is 22.5 Å². The molecule has 5 nitrogen and oxygen atoms in total. The summed E-state index contributed by atoms with van der Waals surface area (Å²) in [5.74, 6) is -8.85. The van der Waals surface area contributed by atoms with Crippen LogP contribution in [0.3, 0.4) is 0 Å². The smallest absolute Gasteiger partial charge is 0.361 e. The van der Waals surface area contributed by atoms with Crippen molar-refractivity contribution in [3.05, 3.63) is 71.1 Å². The Kier molecular flexibility index (Phi) is 4.89. The van der Waals surface area contributed by atoms with Crippen molar-refractivity contribution < 1.29 is 40.7 Å². The van der Waals surface area contributed by atoms with Crippen LogP contribution >= 0.6 is 0 Å². The molecular weight excluding hydrogens is 502 g/mol. The summed E-state index contributed by atoms with van der Waals surface area (Å²) < 4.78 is 91.2. The molecule has 3 heterocycles. The van der Waals surface area contributed by atoms with E-state index in [9.17, 15) is 27.5 Å². The number of nitrogens with zero attached hydrogens (tertiary/aromatic N) is 2. The standard InChI is InChI=1S/C26H16F6N2O3/c27-17-5-15-21(7-19(17)33-9-25(29,30)10-33)37-22-8-20(34-11-26(31,32)12-34)18(28)6-16(22)23(15)13-3-1-2-4-14(13)24(35)36/h1-8H,9-12H2/p+1. The summed E-state index contributed by atoms with van der Waals surface area (Å²) in [6, 6.07) is 10.4. The van der Waals surface area contributed by atoms with Gasteiger partial charge in [0.15, 0.2) is 5.82 Å². The zero-order valence-electron chi connectivity index (χ0n) is 18.9. The number of rotatable bonds is 3. The van der Waals surface area contributed by atoms with Crippen molar-refractivity contribution in [2.75, 3.05) is 31.1 Å². The Balaban J connectivity index is 1.67.